The number of hydrogen-bond donors (Lipinski definition) is 4. The molecule has 2 saturated heterocycles. The van der Waals surface area contributed by atoms with Crippen molar-refractivity contribution in [3.8, 4) is 0 Å². The molecular formula is C25H29N5O8S. The molecule has 2 aliphatic rings. The number of carbonyl (C=O) groups is 6. The Morgan fingerprint density at radius 1 is 0.949 bits per heavy atom. The standard InChI is InChI=1S/C25H29N5O8S/c1-28-9-2-4-16(28)22(33)26-14-12-17(24(35)36)30(13-14)20(32)7-6-19(31)29-10-8-15(21(29)25(37)38)27-23(34)18-5-3-11-39-18/h2-5,9,11,14-15,17,21H,6-8,10,12-13H2,1H3,(H,26,33)(H,27,34)(H,35,36)(H,37,38)/t14-,15-,17-,21-/m0/s1. The maximum Gasteiger partial charge on any atom is 0.328 e. The third-order valence-electron chi connectivity index (χ3n) is 7.00. The van der Waals surface area contributed by atoms with Crippen LogP contribution in [0.25, 0.3) is 0 Å². The van der Waals surface area contributed by atoms with Gasteiger partial charge in [0.1, 0.15) is 17.8 Å². The first kappa shape index (κ1) is 27.8. The third-order valence-corrected chi connectivity index (χ3v) is 7.87. The first-order chi connectivity index (χ1) is 18.6. The number of aryl methyl sites for hydroxylation is 1. The fraction of sp³-hybridized carbons (Fsp3) is 0.440. The van der Waals surface area contributed by atoms with E-state index < -0.39 is 59.7 Å². The minimum absolute atomic E-state index is 0.0179. The predicted molar refractivity (Wildman–Crippen MR) is 137 cm³/mol. The zero-order valence-electron chi connectivity index (χ0n) is 21.1. The van der Waals surface area contributed by atoms with Gasteiger partial charge in [-0.15, -0.1) is 11.3 Å². The molecule has 4 rings (SSSR count). The lowest BCUT2D eigenvalue weighted by Crippen LogP contribution is -2.51. The molecule has 0 spiro atoms. The van der Waals surface area contributed by atoms with Gasteiger partial charge in [0.15, 0.2) is 0 Å². The van der Waals surface area contributed by atoms with Crippen LogP contribution in [-0.2, 0) is 26.2 Å². The van der Waals surface area contributed by atoms with Gasteiger partial charge in [0.05, 0.1) is 10.9 Å². The molecule has 208 valence electrons. The number of nitrogens with one attached hydrogen (secondary N) is 2. The molecule has 0 aliphatic carbocycles. The molecule has 0 radical (unpaired) electrons. The summed E-state index contributed by atoms with van der Waals surface area (Å²) in [5.41, 5.74) is 0.390. The van der Waals surface area contributed by atoms with Crippen molar-refractivity contribution in [3.05, 3.63) is 46.4 Å². The number of carboxylic acids is 2. The summed E-state index contributed by atoms with van der Waals surface area (Å²) >= 11 is 1.21. The molecule has 0 unspecified atom stereocenters. The Morgan fingerprint density at radius 3 is 2.26 bits per heavy atom. The largest absolute Gasteiger partial charge is 0.480 e. The molecule has 2 fully saturated rings. The van der Waals surface area contributed by atoms with E-state index >= 15 is 0 Å². The molecule has 14 heteroatoms. The number of aliphatic carboxylic acids is 2. The van der Waals surface area contributed by atoms with Crippen LogP contribution < -0.4 is 10.6 Å². The van der Waals surface area contributed by atoms with Crippen molar-refractivity contribution < 1.29 is 39.0 Å². The molecule has 39 heavy (non-hydrogen) atoms. The molecule has 4 heterocycles. The van der Waals surface area contributed by atoms with Crippen LogP contribution in [0.15, 0.2) is 35.8 Å². The summed E-state index contributed by atoms with van der Waals surface area (Å²) in [5.74, 6) is -4.47. The molecule has 13 nitrogen and oxygen atoms in total. The minimum Gasteiger partial charge on any atom is -0.480 e. The quantitative estimate of drug-likeness (QED) is 0.335. The smallest absolute Gasteiger partial charge is 0.328 e. The van der Waals surface area contributed by atoms with E-state index in [0.717, 1.165) is 9.80 Å². The molecule has 0 saturated carbocycles. The normalized spacial score (nSPS) is 22.5. The van der Waals surface area contributed by atoms with Crippen LogP contribution in [0.2, 0.25) is 0 Å². The highest BCUT2D eigenvalue weighted by Gasteiger charge is 2.44. The third kappa shape index (κ3) is 6.11. The number of nitrogens with zero attached hydrogens (tertiary/aromatic N) is 3. The van der Waals surface area contributed by atoms with E-state index in [-0.39, 0.29) is 38.8 Å². The second kappa shape index (κ2) is 11.7. The Hall–Kier alpha value is -4.20. The van der Waals surface area contributed by atoms with Crippen LogP contribution in [0, 0.1) is 0 Å². The molecule has 0 aromatic carbocycles. The summed E-state index contributed by atoms with van der Waals surface area (Å²) in [5, 5.41) is 26.6. The number of thiophene rings is 1. The Bertz CT molecular complexity index is 1280. The van der Waals surface area contributed by atoms with Crippen molar-refractivity contribution in [2.24, 2.45) is 7.05 Å². The minimum atomic E-state index is -1.29. The van der Waals surface area contributed by atoms with Gasteiger partial charge in [0, 0.05) is 51.6 Å². The fourth-order valence-electron chi connectivity index (χ4n) is 5.08. The lowest BCUT2D eigenvalue weighted by molar-refractivity contribution is -0.150. The van der Waals surface area contributed by atoms with Crippen LogP contribution in [0.5, 0.6) is 0 Å². The average Bonchev–Trinajstić information content (AvgIpc) is 3.68. The maximum absolute atomic E-state index is 13.0. The summed E-state index contributed by atoms with van der Waals surface area (Å²) < 4.78 is 1.62. The fourth-order valence-corrected chi connectivity index (χ4v) is 5.71. The van der Waals surface area contributed by atoms with Gasteiger partial charge in [-0.3, -0.25) is 19.2 Å². The van der Waals surface area contributed by atoms with Gasteiger partial charge < -0.3 is 35.2 Å². The number of carbonyl (C=O) groups excluding carboxylic acids is 4. The molecule has 0 bridgehead atoms. The van der Waals surface area contributed by atoms with E-state index in [2.05, 4.69) is 10.6 Å². The van der Waals surface area contributed by atoms with E-state index in [0.29, 0.717) is 10.6 Å². The van der Waals surface area contributed by atoms with Crippen LogP contribution in [0.1, 0.15) is 45.8 Å². The predicted octanol–water partition coefficient (Wildman–Crippen LogP) is 0.135. The maximum atomic E-state index is 13.0. The van der Waals surface area contributed by atoms with E-state index in [1.165, 1.54) is 11.3 Å². The van der Waals surface area contributed by atoms with Crippen molar-refractivity contribution in [1.29, 1.82) is 0 Å². The van der Waals surface area contributed by atoms with Gasteiger partial charge >= 0.3 is 11.9 Å². The van der Waals surface area contributed by atoms with Gasteiger partial charge in [-0.1, -0.05) is 6.07 Å². The van der Waals surface area contributed by atoms with Crippen molar-refractivity contribution in [1.82, 2.24) is 25.0 Å². The SMILES string of the molecule is Cn1cccc1C(=O)N[C@H]1C[C@@H](C(=O)O)N(C(=O)CCC(=O)N2CC[C@H](NC(=O)c3cccs3)[C@H]2C(=O)O)C1. The van der Waals surface area contributed by atoms with E-state index in [1.807, 2.05) is 0 Å². The van der Waals surface area contributed by atoms with Crippen molar-refractivity contribution >= 4 is 46.9 Å². The summed E-state index contributed by atoms with van der Waals surface area (Å²) in [7, 11) is 1.70. The zero-order chi connectivity index (χ0) is 28.3. The Kier molecular flexibility index (Phi) is 8.33. The molecule has 2 aromatic rings. The molecule has 4 atom stereocenters. The van der Waals surface area contributed by atoms with Gasteiger partial charge in [0.2, 0.25) is 11.8 Å². The summed E-state index contributed by atoms with van der Waals surface area (Å²) in [6, 6.07) is 2.80. The molecular weight excluding hydrogens is 530 g/mol. The lowest BCUT2D eigenvalue weighted by Gasteiger charge is -2.26. The van der Waals surface area contributed by atoms with Crippen molar-refractivity contribution in [3.63, 3.8) is 0 Å². The lowest BCUT2D eigenvalue weighted by atomic mass is 10.1. The van der Waals surface area contributed by atoms with E-state index in [9.17, 15) is 39.0 Å². The number of likely N-dealkylation sites (tertiary alicyclic amines) is 2. The van der Waals surface area contributed by atoms with Crippen molar-refractivity contribution in [2.75, 3.05) is 13.1 Å². The summed E-state index contributed by atoms with van der Waals surface area (Å²) in [6.07, 6.45) is 1.31. The van der Waals surface area contributed by atoms with Gasteiger partial charge in [-0.05, 0) is 30.0 Å². The van der Waals surface area contributed by atoms with Crippen LogP contribution in [0.3, 0.4) is 0 Å². The topological polar surface area (TPSA) is 178 Å². The van der Waals surface area contributed by atoms with Gasteiger partial charge in [-0.25, -0.2) is 9.59 Å². The number of hydrogen-bond acceptors (Lipinski definition) is 7. The first-order valence-corrected chi connectivity index (χ1v) is 13.3. The van der Waals surface area contributed by atoms with Crippen LogP contribution in [-0.4, -0.2) is 97.4 Å². The summed E-state index contributed by atoms with van der Waals surface area (Å²) in [6.45, 7) is 0.0621. The van der Waals surface area contributed by atoms with Gasteiger partial charge in [-0.2, -0.15) is 0 Å². The first-order valence-electron chi connectivity index (χ1n) is 12.4. The van der Waals surface area contributed by atoms with Crippen LogP contribution in [0.4, 0.5) is 0 Å². The van der Waals surface area contributed by atoms with Gasteiger partial charge in [0.25, 0.3) is 11.8 Å². The highest BCUT2D eigenvalue weighted by atomic mass is 32.1. The van der Waals surface area contributed by atoms with Crippen LogP contribution >= 0.6 is 11.3 Å². The number of amides is 4. The Morgan fingerprint density at radius 2 is 1.67 bits per heavy atom. The molecule has 4 N–H and O–H groups in total. The highest BCUT2D eigenvalue weighted by Crippen LogP contribution is 2.23. The zero-order valence-corrected chi connectivity index (χ0v) is 21.9. The number of carboxylic acid groups (broad SMARTS) is 2. The molecule has 2 aromatic heterocycles. The molecule has 4 amide bonds. The van der Waals surface area contributed by atoms with E-state index in [1.54, 1.807) is 47.5 Å². The second-order valence-electron chi connectivity index (χ2n) is 9.53. The van der Waals surface area contributed by atoms with Crippen molar-refractivity contribution in [2.45, 2.75) is 49.9 Å². The summed E-state index contributed by atoms with van der Waals surface area (Å²) in [4.78, 5) is 77.3. The average molecular weight is 560 g/mol. The van der Waals surface area contributed by atoms with E-state index in [4.69, 9.17) is 0 Å². The highest BCUT2D eigenvalue weighted by molar-refractivity contribution is 7.12. The Labute approximate surface area is 227 Å². The number of rotatable bonds is 9. The number of aromatic nitrogens is 1. The molecule has 2 aliphatic heterocycles. The second-order valence-corrected chi connectivity index (χ2v) is 10.5. The monoisotopic (exact) mass is 559 g/mol. The Balaban J connectivity index is 1.34.